The van der Waals surface area contributed by atoms with E-state index >= 15 is 0 Å². The van der Waals surface area contributed by atoms with E-state index in [0.29, 0.717) is 12.2 Å². The molecule has 1 aromatic carbocycles. The van der Waals surface area contributed by atoms with E-state index in [9.17, 15) is 13.2 Å². The fourth-order valence-electron chi connectivity index (χ4n) is 1.19. The Bertz CT molecular complexity index is 358. The van der Waals surface area contributed by atoms with Crippen LogP contribution in [0.4, 0.5) is 13.2 Å². The third-order valence-corrected chi connectivity index (χ3v) is 2.34. The first kappa shape index (κ1) is 9.80. The van der Waals surface area contributed by atoms with Crippen LogP contribution < -0.4 is 0 Å². The van der Waals surface area contributed by atoms with Gasteiger partial charge in [-0.05, 0) is 12.1 Å². The fraction of sp³-hybridized carbons (Fsp3) is 0.333. The molecule has 0 amide bonds. The lowest BCUT2D eigenvalue weighted by Crippen LogP contribution is -2.04. The Morgan fingerprint density at radius 2 is 2.00 bits per heavy atom. The molecule has 0 spiro atoms. The van der Waals surface area contributed by atoms with Gasteiger partial charge in [-0.2, -0.15) is 13.2 Å². The van der Waals surface area contributed by atoms with Gasteiger partial charge in [-0.3, -0.25) is 0 Å². The zero-order valence-corrected chi connectivity index (χ0v) is 7.69. The number of epoxide rings is 1. The molecule has 1 heterocycles. The van der Waals surface area contributed by atoms with Crippen LogP contribution in [0.25, 0.3) is 0 Å². The van der Waals surface area contributed by atoms with E-state index in [1.807, 2.05) is 0 Å². The van der Waals surface area contributed by atoms with E-state index < -0.39 is 11.7 Å². The zero-order chi connectivity index (χ0) is 10.3. The Balaban J connectivity index is 2.35. The van der Waals surface area contributed by atoms with Gasteiger partial charge in [-0.1, -0.05) is 17.7 Å². The topological polar surface area (TPSA) is 12.5 Å². The Morgan fingerprint density at radius 1 is 1.36 bits per heavy atom. The van der Waals surface area contributed by atoms with E-state index in [4.69, 9.17) is 16.3 Å². The minimum atomic E-state index is -4.34. The van der Waals surface area contributed by atoms with Crippen molar-refractivity contribution in [3.63, 3.8) is 0 Å². The summed E-state index contributed by atoms with van der Waals surface area (Å²) in [6.07, 6.45) is -4.46. The minimum Gasteiger partial charge on any atom is -0.368 e. The monoisotopic (exact) mass is 222 g/mol. The first-order valence-corrected chi connectivity index (χ1v) is 4.34. The van der Waals surface area contributed by atoms with Crippen LogP contribution in [0.3, 0.4) is 0 Å². The summed E-state index contributed by atoms with van der Waals surface area (Å²) in [6.45, 7) is 0.533. The van der Waals surface area contributed by atoms with Crippen LogP contribution in [0, 0.1) is 0 Å². The number of hydrogen-bond donors (Lipinski definition) is 0. The quantitative estimate of drug-likeness (QED) is 0.664. The van der Waals surface area contributed by atoms with Crippen LogP contribution in [-0.2, 0) is 10.9 Å². The summed E-state index contributed by atoms with van der Waals surface area (Å²) in [4.78, 5) is 0. The summed E-state index contributed by atoms with van der Waals surface area (Å²) < 4.78 is 41.6. The van der Waals surface area contributed by atoms with Crippen molar-refractivity contribution in [3.05, 3.63) is 34.3 Å². The average molecular weight is 223 g/mol. The second-order valence-corrected chi connectivity index (χ2v) is 3.46. The number of hydrogen-bond acceptors (Lipinski definition) is 1. The smallest absolute Gasteiger partial charge is 0.368 e. The molecule has 5 heteroatoms. The number of alkyl halides is 3. The summed E-state index contributed by atoms with van der Waals surface area (Å²) in [6, 6.07) is 3.31. The van der Waals surface area contributed by atoms with Crippen molar-refractivity contribution >= 4 is 11.6 Å². The van der Waals surface area contributed by atoms with Gasteiger partial charge in [0.2, 0.25) is 0 Å². The number of halogens is 4. The van der Waals surface area contributed by atoms with Gasteiger partial charge in [0, 0.05) is 10.6 Å². The Labute approximate surface area is 83.4 Å². The largest absolute Gasteiger partial charge is 0.416 e. The SMILES string of the molecule is FC(F)(F)c1ccc([C@@H]2CO2)c(Cl)c1. The molecule has 14 heavy (non-hydrogen) atoms. The molecule has 76 valence electrons. The lowest BCUT2D eigenvalue weighted by Gasteiger charge is -2.08. The van der Waals surface area contributed by atoms with Crippen molar-refractivity contribution in [2.45, 2.75) is 12.3 Å². The van der Waals surface area contributed by atoms with Crippen molar-refractivity contribution in [3.8, 4) is 0 Å². The third-order valence-electron chi connectivity index (χ3n) is 2.01. The van der Waals surface area contributed by atoms with Gasteiger partial charge in [-0.15, -0.1) is 0 Å². The van der Waals surface area contributed by atoms with Crippen LogP contribution >= 0.6 is 11.6 Å². The van der Waals surface area contributed by atoms with Crippen molar-refractivity contribution in [2.24, 2.45) is 0 Å². The van der Waals surface area contributed by atoms with Gasteiger partial charge < -0.3 is 4.74 Å². The third kappa shape index (κ3) is 1.86. The average Bonchev–Trinajstić information content (AvgIpc) is 2.85. The van der Waals surface area contributed by atoms with Crippen molar-refractivity contribution in [1.29, 1.82) is 0 Å². The molecule has 0 N–H and O–H groups in total. The molecule has 1 aliphatic rings. The first-order chi connectivity index (χ1) is 6.48. The van der Waals surface area contributed by atoms with Crippen LogP contribution in [0.15, 0.2) is 18.2 Å². The molecule has 1 atom stereocenters. The van der Waals surface area contributed by atoms with Crippen LogP contribution in [0.5, 0.6) is 0 Å². The molecule has 1 saturated heterocycles. The highest BCUT2D eigenvalue weighted by molar-refractivity contribution is 6.31. The molecule has 0 aromatic heterocycles. The van der Waals surface area contributed by atoms with E-state index in [0.717, 1.165) is 12.1 Å². The maximum atomic E-state index is 12.2. The number of benzene rings is 1. The highest BCUT2D eigenvalue weighted by Gasteiger charge is 2.33. The highest BCUT2D eigenvalue weighted by Crippen LogP contribution is 2.38. The summed E-state index contributed by atoms with van der Waals surface area (Å²) >= 11 is 5.69. The molecule has 0 radical (unpaired) electrons. The van der Waals surface area contributed by atoms with Crippen LogP contribution in [0.1, 0.15) is 17.2 Å². The zero-order valence-electron chi connectivity index (χ0n) is 6.94. The predicted molar refractivity (Wildman–Crippen MR) is 45.1 cm³/mol. The van der Waals surface area contributed by atoms with Gasteiger partial charge in [-0.25, -0.2) is 0 Å². The van der Waals surface area contributed by atoms with E-state index in [1.54, 1.807) is 0 Å². The molecule has 1 nitrogen and oxygen atoms in total. The Hall–Kier alpha value is -0.740. The van der Waals surface area contributed by atoms with Gasteiger partial charge in [0.15, 0.2) is 0 Å². The number of rotatable bonds is 1. The van der Waals surface area contributed by atoms with Crippen LogP contribution in [0.2, 0.25) is 5.02 Å². The normalized spacial score (nSPS) is 21.0. The Morgan fingerprint density at radius 3 is 2.43 bits per heavy atom. The van der Waals surface area contributed by atoms with Gasteiger partial charge >= 0.3 is 6.18 Å². The summed E-state index contributed by atoms with van der Waals surface area (Å²) in [7, 11) is 0. The Kier molecular flexibility index (Phi) is 2.20. The van der Waals surface area contributed by atoms with Crippen molar-refractivity contribution in [2.75, 3.05) is 6.61 Å². The van der Waals surface area contributed by atoms with E-state index in [1.165, 1.54) is 6.07 Å². The molecule has 1 fully saturated rings. The fourth-order valence-corrected chi connectivity index (χ4v) is 1.49. The second kappa shape index (κ2) is 3.14. The van der Waals surface area contributed by atoms with E-state index in [-0.39, 0.29) is 11.1 Å². The van der Waals surface area contributed by atoms with E-state index in [2.05, 4.69) is 0 Å². The molecular weight excluding hydrogens is 217 g/mol. The lowest BCUT2D eigenvalue weighted by atomic mass is 10.1. The maximum absolute atomic E-state index is 12.2. The van der Waals surface area contributed by atoms with Crippen molar-refractivity contribution < 1.29 is 17.9 Å². The van der Waals surface area contributed by atoms with Gasteiger partial charge in [0.25, 0.3) is 0 Å². The van der Waals surface area contributed by atoms with Gasteiger partial charge in [0.1, 0.15) is 6.10 Å². The molecular formula is C9H6ClF3O. The summed E-state index contributed by atoms with van der Waals surface area (Å²) in [5.74, 6) is 0. The standard InChI is InChI=1S/C9H6ClF3O/c10-7-3-5(9(11,12)13)1-2-6(7)8-4-14-8/h1-3,8H,4H2/t8-/m0/s1. The summed E-state index contributed by atoms with van der Waals surface area (Å²) in [5.41, 5.74) is -0.105. The number of ether oxygens (including phenoxy) is 1. The minimum absolute atomic E-state index is 0.113. The second-order valence-electron chi connectivity index (χ2n) is 3.06. The molecule has 0 saturated carbocycles. The molecule has 0 bridgehead atoms. The molecule has 2 rings (SSSR count). The summed E-state index contributed by atoms with van der Waals surface area (Å²) in [5, 5.41) is 0.113. The molecule has 0 unspecified atom stereocenters. The molecule has 0 aliphatic carbocycles. The molecule has 1 aromatic rings. The van der Waals surface area contributed by atoms with Gasteiger partial charge in [0.05, 0.1) is 12.2 Å². The van der Waals surface area contributed by atoms with Crippen LogP contribution in [-0.4, -0.2) is 6.61 Å². The predicted octanol–water partition coefficient (Wildman–Crippen LogP) is 3.43. The first-order valence-electron chi connectivity index (χ1n) is 3.97. The lowest BCUT2D eigenvalue weighted by molar-refractivity contribution is -0.137. The maximum Gasteiger partial charge on any atom is 0.416 e. The highest BCUT2D eigenvalue weighted by atomic mass is 35.5. The van der Waals surface area contributed by atoms with Crippen molar-refractivity contribution in [1.82, 2.24) is 0 Å². The molecule has 1 aliphatic heterocycles.